The lowest BCUT2D eigenvalue weighted by atomic mass is 9.76. The summed E-state index contributed by atoms with van der Waals surface area (Å²) < 4.78 is 6.22. The Morgan fingerprint density at radius 2 is 1.96 bits per heavy atom. The van der Waals surface area contributed by atoms with Crippen molar-refractivity contribution >= 4 is 11.8 Å². The highest BCUT2D eigenvalue weighted by Gasteiger charge is 2.67. The molecule has 2 bridgehead atoms. The normalized spacial score (nSPS) is 34.5. The van der Waals surface area contributed by atoms with Crippen molar-refractivity contribution in [2.75, 3.05) is 19.6 Å². The van der Waals surface area contributed by atoms with Crippen molar-refractivity contribution in [3.05, 3.63) is 42.2 Å². The summed E-state index contributed by atoms with van der Waals surface area (Å²) in [5, 5.41) is 0. The number of carbonyl (C=O) groups is 2. The second-order valence-corrected chi connectivity index (χ2v) is 8.84. The largest absolute Gasteiger partial charge is 0.360 e. The molecule has 3 saturated heterocycles. The van der Waals surface area contributed by atoms with Crippen LogP contribution in [0.15, 0.2) is 36.7 Å². The smallest absolute Gasteiger partial charge is 0.230 e. The molecule has 148 valence electrons. The van der Waals surface area contributed by atoms with Gasteiger partial charge in [-0.3, -0.25) is 14.6 Å². The van der Waals surface area contributed by atoms with Gasteiger partial charge in [0.1, 0.15) is 5.60 Å². The molecule has 3 fully saturated rings. The number of rotatable bonds is 3. The monoisotopic (exact) mass is 381 g/mol. The van der Waals surface area contributed by atoms with E-state index in [1.54, 1.807) is 0 Å². The van der Waals surface area contributed by atoms with Crippen LogP contribution in [0, 0.1) is 11.8 Å². The predicted molar refractivity (Wildman–Crippen MR) is 103 cm³/mol. The number of piperidine rings is 1. The number of carbonyl (C=O) groups excluding carboxylic acids is 2. The van der Waals surface area contributed by atoms with Gasteiger partial charge in [-0.25, -0.2) is 0 Å². The summed E-state index contributed by atoms with van der Waals surface area (Å²) in [5.41, 5.74) is 0.701. The number of pyridine rings is 1. The van der Waals surface area contributed by atoms with E-state index in [1.165, 1.54) is 5.56 Å². The van der Waals surface area contributed by atoms with Gasteiger partial charge in [-0.05, 0) is 50.3 Å². The summed E-state index contributed by atoms with van der Waals surface area (Å²) in [6.45, 7) is 6.08. The molecule has 0 saturated carbocycles. The summed E-state index contributed by atoms with van der Waals surface area (Å²) in [6.07, 6.45) is 9.34. The van der Waals surface area contributed by atoms with Crippen LogP contribution < -0.4 is 0 Å². The third-order valence-electron chi connectivity index (χ3n) is 7.02. The van der Waals surface area contributed by atoms with Gasteiger partial charge in [0.15, 0.2) is 0 Å². The fourth-order valence-electron chi connectivity index (χ4n) is 5.53. The molecule has 0 N–H and O–H groups in total. The van der Waals surface area contributed by atoms with Crippen LogP contribution in [0.25, 0.3) is 0 Å². The van der Waals surface area contributed by atoms with E-state index >= 15 is 0 Å². The molecule has 0 aromatic carbocycles. The fraction of sp³-hybridized carbons (Fsp3) is 0.591. The zero-order valence-electron chi connectivity index (χ0n) is 16.5. The Labute approximate surface area is 165 Å². The predicted octanol–water partition coefficient (Wildman–Crippen LogP) is 1.98. The van der Waals surface area contributed by atoms with E-state index in [0.29, 0.717) is 12.5 Å². The van der Waals surface area contributed by atoms with Crippen molar-refractivity contribution in [2.45, 2.75) is 50.4 Å². The Balaban J connectivity index is 1.31. The number of fused-ring (bicyclic) bond motifs is 1. The molecule has 6 heteroatoms. The lowest BCUT2D eigenvalue weighted by molar-refractivity contribution is -0.144. The molecule has 4 aliphatic heterocycles. The molecule has 0 aliphatic carbocycles. The van der Waals surface area contributed by atoms with Crippen molar-refractivity contribution in [1.29, 1.82) is 0 Å². The Morgan fingerprint density at radius 1 is 1.25 bits per heavy atom. The van der Waals surface area contributed by atoms with E-state index in [1.807, 2.05) is 48.2 Å². The molecule has 4 aliphatic rings. The number of amides is 2. The SMILES string of the molecule is CC(C)N1C[C@]23C=C[C@H](O2)[C@H](C(=O)N2CCC(c4ccncc4)CC2)[C@@H]3C1=O. The van der Waals surface area contributed by atoms with Gasteiger partial charge in [0.25, 0.3) is 0 Å². The Morgan fingerprint density at radius 3 is 2.64 bits per heavy atom. The van der Waals surface area contributed by atoms with E-state index in [-0.39, 0.29) is 35.8 Å². The first kappa shape index (κ1) is 17.9. The van der Waals surface area contributed by atoms with Crippen LogP contribution in [0.5, 0.6) is 0 Å². The Bertz CT molecular complexity index is 816. The van der Waals surface area contributed by atoms with Crippen molar-refractivity contribution in [1.82, 2.24) is 14.8 Å². The molecule has 1 aromatic heterocycles. The highest BCUT2D eigenvalue weighted by Crippen LogP contribution is 2.52. The van der Waals surface area contributed by atoms with E-state index in [0.717, 1.165) is 25.9 Å². The Hall–Kier alpha value is -2.21. The molecule has 0 unspecified atom stereocenters. The average Bonchev–Trinajstić information content (AvgIpc) is 3.36. The van der Waals surface area contributed by atoms with E-state index in [4.69, 9.17) is 4.74 Å². The zero-order valence-corrected chi connectivity index (χ0v) is 16.5. The van der Waals surface area contributed by atoms with Gasteiger partial charge in [-0.15, -0.1) is 0 Å². The minimum Gasteiger partial charge on any atom is -0.360 e. The zero-order chi connectivity index (χ0) is 19.5. The summed E-state index contributed by atoms with van der Waals surface area (Å²) >= 11 is 0. The van der Waals surface area contributed by atoms with Crippen LogP contribution in [-0.4, -0.2) is 64.0 Å². The second-order valence-electron chi connectivity index (χ2n) is 8.84. The maximum atomic E-state index is 13.4. The number of aromatic nitrogens is 1. The molecule has 1 aromatic rings. The number of ether oxygens (including phenoxy) is 1. The van der Waals surface area contributed by atoms with Crippen molar-refractivity contribution < 1.29 is 14.3 Å². The van der Waals surface area contributed by atoms with Crippen LogP contribution >= 0.6 is 0 Å². The number of hydrogen-bond acceptors (Lipinski definition) is 4. The number of likely N-dealkylation sites (tertiary alicyclic amines) is 2. The van der Waals surface area contributed by atoms with Crippen molar-refractivity contribution in [2.24, 2.45) is 11.8 Å². The van der Waals surface area contributed by atoms with Gasteiger partial charge in [0.05, 0.1) is 24.5 Å². The van der Waals surface area contributed by atoms with Gasteiger partial charge in [0.2, 0.25) is 11.8 Å². The molecule has 6 nitrogen and oxygen atoms in total. The molecule has 5 rings (SSSR count). The molecule has 0 radical (unpaired) electrons. The van der Waals surface area contributed by atoms with E-state index in [9.17, 15) is 9.59 Å². The first-order chi connectivity index (χ1) is 13.5. The van der Waals surface area contributed by atoms with Gasteiger partial charge in [-0.1, -0.05) is 12.2 Å². The molecule has 5 heterocycles. The fourth-order valence-corrected chi connectivity index (χ4v) is 5.53. The van der Waals surface area contributed by atoms with Crippen LogP contribution in [0.2, 0.25) is 0 Å². The van der Waals surface area contributed by atoms with Crippen molar-refractivity contribution in [3.63, 3.8) is 0 Å². The lowest BCUT2D eigenvalue weighted by Crippen LogP contribution is -2.48. The first-order valence-electron chi connectivity index (χ1n) is 10.4. The highest BCUT2D eigenvalue weighted by atomic mass is 16.5. The molecule has 2 amide bonds. The van der Waals surface area contributed by atoms with E-state index < -0.39 is 5.60 Å². The molecule has 28 heavy (non-hydrogen) atoms. The van der Waals surface area contributed by atoms with Gasteiger partial charge < -0.3 is 14.5 Å². The molecular formula is C22H27N3O3. The van der Waals surface area contributed by atoms with Gasteiger partial charge >= 0.3 is 0 Å². The Kier molecular flexibility index (Phi) is 4.09. The van der Waals surface area contributed by atoms with Crippen molar-refractivity contribution in [3.8, 4) is 0 Å². The number of hydrogen-bond donors (Lipinski definition) is 0. The lowest BCUT2D eigenvalue weighted by Gasteiger charge is -2.35. The second kappa shape index (κ2) is 6.41. The number of nitrogens with zero attached hydrogens (tertiary/aromatic N) is 3. The van der Waals surface area contributed by atoms with E-state index in [2.05, 4.69) is 17.1 Å². The van der Waals surface area contributed by atoms with Crippen LogP contribution in [0.1, 0.15) is 38.2 Å². The molecule has 4 atom stereocenters. The first-order valence-corrected chi connectivity index (χ1v) is 10.4. The summed E-state index contributed by atoms with van der Waals surface area (Å²) in [4.78, 5) is 34.4. The maximum Gasteiger partial charge on any atom is 0.230 e. The quantitative estimate of drug-likeness (QED) is 0.751. The third kappa shape index (κ3) is 2.54. The van der Waals surface area contributed by atoms with Gasteiger partial charge in [0, 0.05) is 31.5 Å². The highest BCUT2D eigenvalue weighted by molar-refractivity contribution is 5.93. The summed E-state index contributed by atoms with van der Waals surface area (Å²) in [6, 6.07) is 4.26. The van der Waals surface area contributed by atoms with Crippen LogP contribution in [0.4, 0.5) is 0 Å². The summed E-state index contributed by atoms with van der Waals surface area (Å²) in [7, 11) is 0. The van der Waals surface area contributed by atoms with Gasteiger partial charge in [-0.2, -0.15) is 0 Å². The minimum atomic E-state index is -0.596. The third-order valence-corrected chi connectivity index (χ3v) is 7.02. The average molecular weight is 381 g/mol. The minimum absolute atomic E-state index is 0.0758. The molecular weight excluding hydrogens is 354 g/mol. The summed E-state index contributed by atoms with van der Waals surface area (Å²) in [5.74, 6) is -0.103. The van der Waals surface area contributed by atoms with Crippen LogP contribution in [-0.2, 0) is 14.3 Å². The maximum absolute atomic E-state index is 13.4. The molecule has 1 spiro atoms. The topological polar surface area (TPSA) is 62.7 Å². The standard InChI is InChI=1S/C22H27N3O3/c1-14(2)25-13-22-8-3-17(28-22)18(19(22)21(25)27)20(26)24-11-6-16(7-12-24)15-4-9-23-10-5-15/h3-5,8-10,14,16-19H,6-7,11-13H2,1-2H3/t17-,18-,19+,22-/m0/s1. The van der Waals surface area contributed by atoms with Crippen LogP contribution in [0.3, 0.4) is 0 Å².